The molecule has 0 spiro atoms. The van der Waals surface area contributed by atoms with Gasteiger partial charge in [-0.3, -0.25) is 9.69 Å². The molecule has 2 saturated heterocycles. The Balaban J connectivity index is 1.40. The van der Waals surface area contributed by atoms with Gasteiger partial charge in [-0.1, -0.05) is 0 Å². The highest BCUT2D eigenvalue weighted by Crippen LogP contribution is 2.28. The Morgan fingerprint density at radius 1 is 1.14 bits per heavy atom. The van der Waals surface area contributed by atoms with Gasteiger partial charge >= 0.3 is 0 Å². The zero-order chi connectivity index (χ0) is 14.7. The van der Waals surface area contributed by atoms with Gasteiger partial charge in [-0.2, -0.15) is 0 Å². The second-order valence-electron chi connectivity index (χ2n) is 6.78. The van der Waals surface area contributed by atoms with Crippen molar-refractivity contribution in [3.8, 4) is 0 Å². The highest BCUT2D eigenvalue weighted by atomic mass is 16.5. The number of carbonyl (C=O) groups is 1. The van der Waals surface area contributed by atoms with Gasteiger partial charge in [-0.25, -0.2) is 0 Å². The molecule has 1 saturated carbocycles. The van der Waals surface area contributed by atoms with E-state index in [4.69, 9.17) is 4.74 Å². The fraction of sp³-hybridized carbons (Fsp3) is 0.938. The number of ether oxygens (including phenoxy) is 1. The average Bonchev–Trinajstić information content (AvgIpc) is 3.37. The summed E-state index contributed by atoms with van der Waals surface area (Å²) in [5.74, 6) is 1.23. The fourth-order valence-electron chi connectivity index (χ4n) is 3.35. The molecule has 1 atom stereocenters. The predicted molar refractivity (Wildman–Crippen MR) is 82.2 cm³/mol. The smallest absolute Gasteiger partial charge is 0.239 e. The molecule has 2 heterocycles. The molecule has 21 heavy (non-hydrogen) atoms. The third-order valence-electron chi connectivity index (χ3n) is 5.15. The molecule has 1 N–H and O–H groups in total. The van der Waals surface area contributed by atoms with Crippen molar-refractivity contribution >= 4 is 5.91 Å². The molecular formula is C16H29N3O2. The summed E-state index contributed by atoms with van der Waals surface area (Å²) in [7, 11) is 0. The lowest BCUT2D eigenvalue weighted by molar-refractivity contribution is -0.141. The van der Waals surface area contributed by atoms with Crippen molar-refractivity contribution < 1.29 is 9.53 Å². The van der Waals surface area contributed by atoms with Gasteiger partial charge in [-0.15, -0.1) is 0 Å². The van der Waals surface area contributed by atoms with Crippen molar-refractivity contribution in [3.63, 3.8) is 0 Å². The standard InChI is InChI=1S/C16H29N3O2/c1-13(16(20)19-8-10-21-11-9-19)18-6-4-15(5-7-18)17-12-14-2-3-14/h13-15,17H,2-12H2,1H3. The maximum atomic E-state index is 12.5. The largest absolute Gasteiger partial charge is 0.378 e. The number of piperidine rings is 1. The number of nitrogens with zero attached hydrogens (tertiary/aromatic N) is 2. The molecule has 1 aliphatic carbocycles. The zero-order valence-corrected chi connectivity index (χ0v) is 13.2. The first-order valence-corrected chi connectivity index (χ1v) is 8.58. The van der Waals surface area contributed by atoms with Crippen LogP contribution >= 0.6 is 0 Å². The van der Waals surface area contributed by atoms with Crippen LogP contribution in [-0.4, -0.2) is 73.7 Å². The van der Waals surface area contributed by atoms with Crippen molar-refractivity contribution in [2.75, 3.05) is 45.9 Å². The number of amides is 1. The minimum atomic E-state index is 0.0208. The lowest BCUT2D eigenvalue weighted by Gasteiger charge is -2.38. The Bertz CT molecular complexity index is 345. The number of carbonyl (C=O) groups excluding carboxylic acids is 1. The van der Waals surface area contributed by atoms with Crippen LogP contribution in [-0.2, 0) is 9.53 Å². The molecule has 0 aromatic rings. The molecule has 3 rings (SSSR count). The molecule has 3 fully saturated rings. The van der Waals surface area contributed by atoms with Crippen LogP contribution in [0.25, 0.3) is 0 Å². The molecule has 1 unspecified atom stereocenters. The number of hydrogen-bond acceptors (Lipinski definition) is 4. The summed E-state index contributed by atoms with van der Waals surface area (Å²) in [4.78, 5) is 16.8. The molecular weight excluding hydrogens is 266 g/mol. The van der Waals surface area contributed by atoms with E-state index < -0.39 is 0 Å². The average molecular weight is 295 g/mol. The van der Waals surface area contributed by atoms with E-state index in [0.717, 1.165) is 32.1 Å². The summed E-state index contributed by atoms with van der Waals surface area (Å²) in [5, 5.41) is 3.70. The van der Waals surface area contributed by atoms with Crippen molar-refractivity contribution in [2.24, 2.45) is 5.92 Å². The second-order valence-corrected chi connectivity index (χ2v) is 6.78. The molecule has 0 aromatic carbocycles. The molecule has 2 aliphatic heterocycles. The van der Waals surface area contributed by atoms with Crippen LogP contribution in [0, 0.1) is 5.92 Å². The third kappa shape index (κ3) is 4.18. The molecule has 0 radical (unpaired) electrons. The van der Waals surface area contributed by atoms with E-state index in [2.05, 4.69) is 17.1 Å². The summed E-state index contributed by atoms with van der Waals surface area (Å²) < 4.78 is 5.32. The molecule has 0 aromatic heterocycles. The second kappa shape index (κ2) is 7.07. The van der Waals surface area contributed by atoms with Crippen LogP contribution in [0.1, 0.15) is 32.6 Å². The number of rotatable bonds is 5. The van der Waals surface area contributed by atoms with Crippen LogP contribution in [0.4, 0.5) is 0 Å². The number of morpholine rings is 1. The van der Waals surface area contributed by atoms with Crippen molar-refractivity contribution in [1.29, 1.82) is 0 Å². The normalized spacial score (nSPS) is 26.8. The highest BCUT2D eigenvalue weighted by Gasteiger charge is 2.30. The Morgan fingerprint density at radius 2 is 1.81 bits per heavy atom. The van der Waals surface area contributed by atoms with Gasteiger partial charge in [0.1, 0.15) is 0 Å². The summed E-state index contributed by atoms with van der Waals surface area (Å²) in [5.41, 5.74) is 0. The topological polar surface area (TPSA) is 44.8 Å². The van der Waals surface area contributed by atoms with Crippen LogP contribution in [0.15, 0.2) is 0 Å². The maximum Gasteiger partial charge on any atom is 0.239 e. The van der Waals surface area contributed by atoms with E-state index in [1.807, 2.05) is 4.90 Å². The molecule has 1 amide bonds. The Labute approximate surface area is 128 Å². The monoisotopic (exact) mass is 295 g/mol. The maximum absolute atomic E-state index is 12.5. The van der Waals surface area contributed by atoms with Gasteiger partial charge in [0.25, 0.3) is 0 Å². The van der Waals surface area contributed by atoms with Gasteiger partial charge < -0.3 is 15.0 Å². The minimum Gasteiger partial charge on any atom is -0.378 e. The number of hydrogen-bond donors (Lipinski definition) is 1. The molecule has 3 aliphatic rings. The van der Waals surface area contributed by atoms with Gasteiger partial charge in [-0.05, 0) is 45.1 Å². The van der Waals surface area contributed by atoms with Crippen LogP contribution in [0.3, 0.4) is 0 Å². The Hall–Kier alpha value is -0.650. The summed E-state index contributed by atoms with van der Waals surface area (Å²) >= 11 is 0. The Morgan fingerprint density at radius 3 is 2.43 bits per heavy atom. The van der Waals surface area contributed by atoms with E-state index in [9.17, 15) is 4.79 Å². The first-order chi connectivity index (χ1) is 10.2. The van der Waals surface area contributed by atoms with E-state index in [-0.39, 0.29) is 11.9 Å². The summed E-state index contributed by atoms with van der Waals surface area (Å²) in [6, 6.07) is 0.681. The van der Waals surface area contributed by atoms with E-state index in [0.29, 0.717) is 19.3 Å². The minimum absolute atomic E-state index is 0.0208. The molecule has 120 valence electrons. The number of nitrogens with one attached hydrogen (secondary N) is 1. The zero-order valence-electron chi connectivity index (χ0n) is 13.2. The van der Waals surface area contributed by atoms with Crippen molar-refractivity contribution in [1.82, 2.24) is 15.1 Å². The van der Waals surface area contributed by atoms with E-state index >= 15 is 0 Å². The molecule has 0 bridgehead atoms. The van der Waals surface area contributed by atoms with E-state index in [1.165, 1.54) is 32.2 Å². The summed E-state index contributed by atoms with van der Waals surface area (Å²) in [6.45, 7) is 8.23. The van der Waals surface area contributed by atoms with Gasteiger partial charge in [0.05, 0.1) is 19.3 Å². The lowest BCUT2D eigenvalue weighted by atomic mass is 10.0. The number of likely N-dealkylation sites (tertiary alicyclic amines) is 1. The quantitative estimate of drug-likeness (QED) is 0.811. The van der Waals surface area contributed by atoms with Crippen LogP contribution in [0.2, 0.25) is 0 Å². The summed E-state index contributed by atoms with van der Waals surface area (Å²) in [6.07, 6.45) is 5.18. The van der Waals surface area contributed by atoms with E-state index in [1.54, 1.807) is 0 Å². The van der Waals surface area contributed by atoms with Gasteiger partial charge in [0.15, 0.2) is 0 Å². The predicted octanol–water partition coefficient (Wildman–Crippen LogP) is 0.698. The van der Waals surface area contributed by atoms with Crippen molar-refractivity contribution in [2.45, 2.75) is 44.7 Å². The van der Waals surface area contributed by atoms with Crippen LogP contribution < -0.4 is 5.32 Å². The highest BCUT2D eigenvalue weighted by molar-refractivity contribution is 5.81. The first kappa shape index (κ1) is 15.3. The Kier molecular flexibility index (Phi) is 5.14. The van der Waals surface area contributed by atoms with Gasteiger partial charge in [0.2, 0.25) is 5.91 Å². The fourth-order valence-corrected chi connectivity index (χ4v) is 3.35. The first-order valence-electron chi connectivity index (χ1n) is 8.58. The van der Waals surface area contributed by atoms with Crippen LogP contribution in [0.5, 0.6) is 0 Å². The molecule has 5 nitrogen and oxygen atoms in total. The lowest BCUT2D eigenvalue weighted by Crippen LogP contribution is -2.53. The third-order valence-corrected chi connectivity index (χ3v) is 5.15. The molecule has 5 heteroatoms. The van der Waals surface area contributed by atoms with Crippen molar-refractivity contribution in [3.05, 3.63) is 0 Å². The van der Waals surface area contributed by atoms with Gasteiger partial charge in [0, 0.05) is 32.2 Å². The SMILES string of the molecule is CC(C(=O)N1CCOCC1)N1CCC(NCC2CC2)CC1.